The fourth-order valence-electron chi connectivity index (χ4n) is 0.926. The molecule has 1 heterocycles. The largest absolute Gasteiger partial charge is 0.461 e. The molecule has 0 fully saturated rings. The molecule has 0 aliphatic heterocycles. The Kier molecular flexibility index (Phi) is 4.66. The van der Waals surface area contributed by atoms with E-state index in [0.29, 0.717) is 13.2 Å². The number of aromatic nitrogens is 1. The second kappa shape index (κ2) is 6.06. The number of ether oxygens (including phenoxy) is 2. The quantitative estimate of drug-likeness (QED) is 0.534. The van der Waals surface area contributed by atoms with Gasteiger partial charge in [-0.2, -0.15) is 4.98 Å². The van der Waals surface area contributed by atoms with Crippen LogP contribution in [0.5, 0.6) is 6.08 Å². The molecule has 0 bridgehead atoms. The molecule has 0 radical (unpaired) electrons. The molecule has 0 aliphatic rings. The summed E-state index contributed by atoms with van der Waals surface area (Å²) >= 11 is 0. The van der Waals surface area contributed by atoms with Crippen molar-refractivity contribution in [1.82, 2.24) is 4.98 Å². The third-order valence-electron chi connectivity index (χ3n) is 1.69. The minimum atomic E-state index is -0.494. The molecule has 0 unspecified atom stereocenters. The zero-order chi connectivity index (χ0) is 11.1. The van der Waals surface area contributed by atoms with Crippen LogP contribution in [0.2, 0.25) is 0 Å². The number of carbonyl (C=O) groups excluding carboxylic acids is 1. The van der Waals surface area contributed by atoms with Crippen LogP contribution in [0.15, 0.2) is 10.7 Å². The summed E-state index contributed by atoms with van der Waals surface area (Å²) in [6.45, 7) is 4.65. The number of nitrogens with zero attached hydrogens (tertiary/aromatic N) is 1. The van der Waals surface area contributed by atoms with E-state index in [0.717, 1.165) is 12.8 Å². The number of hydrogen-bond donors (Lipinski definition) is 0. The van der Waals surface area contributed by atoms with Crippen LogP contribution in [0.3, 0.4) is 0 Å². The Hall–Kier alpha value is -1.52. The Labute approximate surface area is 88.4 Å². The molecule has 0 saturated carbocycles. The van der Waals surface area contributed by atoms with Gasteiger partial charge in [-0.25, -0.2) is 4.79 Å². The van der Waals surface area contributed by atoms with Gasteiger partial charge < -0.3 is 13.9 Å². The molecule has 0 N–H and O–H groups in total. The molecule has 1 rings (SSSR count). The molecular formula is C10H15NO4. The van der Waals surface area contributed by atoms with Crippen LogP contribution in [-0.2, 0) is 4.74 Å². The van der Waals surface area contributed by atoms with Gasteiger partial charge in [0, 0.05) is 0 Å². The monoisotopic (exact) mass is 213 g/mol. The van der Waals surface area contributed by atoms with E-state index in [-0.39, 0.29) is 11.8 Å². The molecule has 0 amide bonds. The van der Waals surface area contributed by atoms with E-state index in [1.807, 2.05) is 0 Å². The van der Waals surface area contributed by atoms with Gasteiger partial charge in [0.25, 0.3) is 0 Å². The van der Waals surface area contributed by atoms with E-state index in [1.54, 1.807) is 6.92 Å². The lowest BCUT2D eigenvalue weighted by molar-refractivity contribution is 0.0519. The predicted molar refractivity (Wildman–Crippen MR) is 52.9 cm³/mol. The fourth-order valence-corrected chi connectivity index (χ4v) is 0.926. The van der Waals surface area contributed by atoms with Crippen LogP contribution >= 0.6 is 0 Å². The van der Waals surface area contributed by atoms with E-state index in [4.69, 9.17) is 13.9 Å². The van der Waals surface area contributed by atoms with Crippen molar-refractivity contribution in [1.29, 1.82) is 0 Å². The molecule has 0 atom stereocenters. The van der Waals surface area contributed by atoms with Crippen molar-refractivity contribution in [3.8, 4) is 6.08 Å². The summed E-state index contributed by atoms with van der Waals surface area (Å²) in [4.78, 5) is 15.0. The maximum absolute atomic E-state index is 11.2. The second-order valence-electron chi connectivity index (χ2n) is 2.92. The van der Waals surface area contributed by atoms with Crippen LogP contribution < -0.4 is 4.74 Å². The molecule has 5 heteroatoms. The summed E-state index contributed by atoms with van der Waals surface area (Å²) < 4.78 is 14.9. The van der Waals surface area contributed by atoms with Gasteiger partial charge >= 0.3 is 12.0 Å². The van der Waals surface area contributed by atoms with Crippen LogP contribution in [0.4, 0.5) is 0 Å². The topological polar surface area (TPSA) is 61.6 Å². The maximum Gasteiger partial charge on any atom is 0.394 e. The zero-order valence-corrected chi connectivity index (χ0v) is 8.99. The lowest BCUT2D eigenvalue weighted by Crippen LogP contribution is -2.05. The van der Waals surface area contributed by atoms with Crippen molar-refractivity contribution in [2.24, 2.45) is 0 Å². The summed E-state index contributed by atoms with van der Waals surface area (Å²) in [6.07, 6.45) is 3.31. The number of unbranched alkanes of at least 4 members (excludes halogenated alkanes) is 1. The van der Waals surface area contributed by atoms with E-state index < -0.39 is 5.97 Å². The third-order valence-corrected chi connectivity index (χ3v) is 1.69. The van der Waals surface area contributed by atoms with Gasteiger partial charge in [0.15, 0.2) is 5.69 Å². The highest BCUT2D eigenvalue weighted by Crippen LogP contribution is 2.11. The summed E-state index contributed by atoms with van der Waals surface area (Å²) in [5, 5.41) is 0. The predicted octanol–water partition coefficient (Wildman–Crippen LogP) is 2.03. The Bertz CT molecular complexity index is 308. The number of esters is 1. The summed E-state index contributed by atoms with van der Waals surface area (Å²) in [6, 6.07) is 0. The van der Waals surface area contributed by atoms with Gasteiger partial charge in [0.05, 0.1) is 13.2 Å². The molecule has 0 spiro atoms. The van der Waals surface area contributed by atoms with E-state index >= 15 is 0 Å². The van der Waals surface area contributed by atoms with Crippen LogP contribution in [0.1, 0.15) is 37.2 Å². The molecule has 0 aromatic carbocycles. The highest BCUT2D eigenvalue weighted by atomic mass is 16.6. The first-order chi connectivity index (χ1) is 7.27. The minimum Gasteiger partial charge on any atom is -0.461 e. The molecule has 15 heavy (non-hydrogen) atoms. The van der Waals surface area contributed by atoms with Crippen LogP contribution in [0, 0.1) is 0 Å². The van der Waals surface area contributed by atoms with Gasteiger partial charge in [-0.05, 0) is 13.3 Å². The van der Waals surface area contributed by atoms with Crippen molar-refractivity contribution in [3.63, 3.8) is 0 Å². The average Bonchev–Trinajstić information content (AvgIpc) is 2.67. The van der Waals surface area contributed by atoms with Crippen molar-refractivity contribution in [2.75, 3.05) is 13.2 Å². The van der Waals surface area contributed by atoms with Crippen LogP contribution in [0.25, 0.3) is 0 Å². The molecule has 1 aromatic heterocycles. The number of hydrogen-bond acceptors (Lipinski definition) is 5. The van der Waals surface area contributed by atoms with Crippen molar-refractivity contribution in [2.45, 2.75) is 26.7 Å². The van der Waals surface area contributed by atoms with Gasteiger partial charge in [-0.15, -0.1) is 0 Å². The number of carbonyl (C=O) groups is 1. The van der Waals surface area contributed by atoms with E-state index in [2.05, 4.69) is 11.9 Å². The summed E-state index contributed by atoms with van der Waals surface area (Å²) in [7, 11) is 0. The zero-order valence-electron chi connectivity index (χ0n) is 8.99. The van der Waals surface area contributed by atoms with Crippen molar-refractivity contribution in [3.05, 3.63) is 12.0 Å². The lowest BCUT2D eigenvalue weighted by atomic mass is 10.4. The van der Waals surface area contributed by atoms with Gasteiger partial charge in [-0.3, -0.25) is 0 Å². The van der Waals surface area contributed by atoms with Gasteiger partial charge in [0.2, 0.25) is 0 Å². The Morgan fingerprint density at radius 3 is 3.00 bits per heavy atom. The molecule has 1 aromatic rings. The van der Waals surface area contributed by atoms with Gasteiger partial charge in [0.1, 0.15) is 6.26 Å². The summed E-state index contributed by atoms with van der Waals surface area (Å²) in [5.41, 5.74) is 0.142. The first-order valence-electron chi connectivity index (χ1n) is 5.03. The van der Waals surface area contributed by atoms with Crippen LogP contribution in [-0.4, -0.2) is 24.2 Å². The highest BCUT2D eigenvalue weighted by Gasteiger charge is 2.13. The Morgan fingerprint density at radius 2 is 2.33 bits per heavy atom. The normalized spacial score (nSPS) is 10.0. The smallest absolute Gasteiger partial charge is 0.394 e. The van der Waals surface area contributed by atoms with E-state index in [9.17, 15) is 4.79 Å². The molecule has 5 nitrogen and oxygen atoms in total. The number of oxazole rings is 1. The Balaban J connectivity index is 2.45. The minimum absolute atomic E-state index is 0.117. The second-order valence-corrected chi connectivity index (χ2v) is 2.92. The SMILES string of the molecule is CCCCOc1nc(C(=O)OCC)co1. The third kappa shape index (κ3) is 3.61. The Morgan fingerprint density at radius 1 is 1.53 bits per heavy atom. The lowest BCUT2D eigenvalue weighted by Gasteiger charge is -1.97. The summed E-state index contributed by atoms with van der Waals surface area (Å²) in [5.74, 6) is -0.494. The fraction of sp³-hybridized carbons (Fsp3) is 0.600. The molecule has 0 saturated heterocycles. The molecule has 84 valence electrons. The number of rotatable bonds is 6. The van der Waals surface area contributed by atoms with Crippen molar-refractivity contribution >= 4 is 5.97 Å². The average molecular weight is 213 g/mol. The first-order valence-corrected chi connectivity index (χ1v) is 5.03. The molecular weight excluding hydrogens is 198 g/mol. The maximum atomic E-state index is 11.2. The highest BCUT2D eigenvalue weighted by molar-refractivity contribution is 5.86. The standard InChI is InChI=1S/C10H15NO4/c1-3-5-6-14-10-11-8(7-15-10)9(12)13-4-2/h7H,3-6H2,1-2H3. The van der Waals surface area contributed by atoms with E-state index in [1.165, 1.54) is 6.26 Å². The first kappa shape index (κ1) is 11.6. The molecule has 0 aliphatic carbocycles. The van der Waals surface area contributed by atoms with Gasteiger partial charge in [-0.1, -0.05) is 13.3 Å². The van der Waals surface area contributed by atoms with Crippen molar-refractivity contribution < 1.29 is 18.7 Å².